The van der Waals surface area contributed by atoms with Crippen LogP contribution in [0.2, 0.25) is 0 Å². The van der Waals surface area contributed by atoms with Crippen molar-refractivity contribution >= 4 is 11.9 Å². The number of carbonyl (C=O) groups is 2. The fraction of sp³-hybridized carbons (Fsp3) is 0.143. The van der Waals surface area contributed by atoms with Gasteiger partial charge in [0.05, 0.1) is 12.7 Å². The summed E-state index contributed by atoms with van der Waals surface area (Å²) >= 11 is 0. The first-order chi connectivity index (χ1) is 5.65. The van der Waals surface area contributed by atoms with Crippen LogP contribution in [0.25, 0.3) is 0 Å². The van der Waals surface area contributed by atoms with Crippen molar-refractivity contribution < 1.29 is 14.3 Å². The minimum Gasteiger partial charge on any atom is -0.464 e. The Labute approximate surface area is 68.5 Å². The van der Waals surface area contributed by atoms with Gasteiger partial charge in [-0.1, -0.05) is 0 Å². The molecular weight excluding hydrogens is 160 g/mol. The van der Waals surface area contributed by atoms with E-state index in [9.17, 15) is 9.59 Å². The molecule has 0 unspecified atom stereocenters. The predicted octanol–water partition coefficient (Wildman–Crippen LogP) is -0.0998. The molecule has 0 saturated carbocycles. The number of ether oxygens (including phenoxy) is 1. The lowest BCUT2D eigenvalue weighted by atomic mass is 10.3. The Bertz CT molecular complexity index is 316. The second-order valence-electron chi connectivity index (χ2n) is 2.16. The van der Waals surface area contributed by atoms with Crippen LogP contribution in [0.1, 0.15) is 20.8 Å². The number of aromatic nitrogens is 1. The lowest BCUT2D eigenvalue weighted by Gasteiger charge is -1.91. The summed E-state index contributed by atoms with van der Waals surface area (Å²) in [5.41, 5.74) is 5.43. The van der Waals surface area contributed by atoms with E-state index < -0.39 is 11.9 Å². The molecule has 0 spiro atoms. The van der Waals surface area contributed by atoms with Gasteiger partial charge in [0.25, 0.3) is 0 Å². The lowest BCUT2D eigenvalue weighted by Crippen LogP contribution is -2.09. The number of primary amides is 1. The van der Waals surface area contributed by atoms with E-state index in [1.54, 1.807) is 0 Å². The molecule has 0 aliphatic heterocycles. The van der Waals surface area contributed by atoms with Crippen LogP contribution in [0.15, 0.2) is 12.3 Å². The average Bonchev–Trinajstić information content (AvgIpc) is 2.51. The van der Waals surface area contributed by atoms with Crippen LogP contribution in [0.3, 0.4) is 0 Å². The lowest BCUT2D eigenvalue weighted by molar-refractivity contribution is 0.0595. The number of methoxy groups -OCH3 is 1. The van der Waals surface area contributed by atoms with Crippen molar-refractivity contribution in [1.82, 2.24) is 4.98 Å². The van der Waals surface area contributed by atoms with Crippen molar-refractivity contribution in [3.8, 4) is 0 Å². The van der Waals surface area contributed by atoms with Crippen molar-refractivity contribution in [2.75, 3.05) is 7.11 Å². The molecule has 0 radical (unpaired) electrons. The Hall–Kier alpha value is -1.78. The van der Waals surface area contributed by atoms with Gasteiger partial charge in [-0.25, -0.2) is 4.79 Å². The molecule has 0 aliphatic rings. The maximum absolute atomic E-state index is 10.8. The number of hydrogen-bond acceptors (Lipinski definition) is 3. The fourth-order valence-electron chi connectivity index (χ4n) is 0.764. The Morgan fingerprint density at radius 2 is 2.25 bits per heavy atom. The zero-order chi connectivity index (χ0) is 9.14. The summed E-state index contributed by atoms with van der Waals surface area (Å²) in [6.45, 7) is 0. The molecule has 0 aliphatic carbocycles. The molecule has 0 atom stereocenters. The van der Waals surface area contributed by atoms with E-state index in [0.29, 0.717) is 0 Å². The molecule has 1 amide bonds. The molecular formula is C7H8N2O3. The molecule has 5 heteroatoms. The summed E-state index contributed by atoms with van der Waals surface area (Å²) in [5.74, 6) is -1.11. The van der Waals surface area contributed by atoms with Crippen LogP contribution in [0.5, 0.6) is 0 Å². The third-order valence-electron chi connectivity index (χ3n) is 1.37. The van der Waals surface area contributed by atoms with E-state index in [-0.39, 0.29) is 11.3 Å². The number of rotatable bonds is 2. The summed E-state index contributed by atoms with van der Waals surface area (Å²) in [4.78, 5) is 24.0. The highest BCUT2D eigenvalue weighted by Crippen LogP contribution is 2.03. The van der Waals surface area contributed by atoms with Crippen LogP contribution < -0.4 is 5.73 Å². The van der Waals surface area contributed by atoms with E-state index in [1.165, 1.54) is 19.4 Å². The molecule has 0 fully saturated rings. The molecule has 1 rings (SSSR count). The second kappa shape index (κ2) is 3.08. The minimum atomic E-state index is -0.582. The Kier molecular flexibility index (Phi) is 2.14. The van der Waals surface area contributed by atoms with E-state index in [1.807, 2.05) is 0 Å². The number of aromatic amines is 1. The number of hydrogen-bond donors (Lipinski definition) is 2. The maximum Gasteiger partial charge on any atom is 0.354 e. The van der Waals surface area contributed by atoms with Crippen LogP contribution >= 0.6 is 0 Å². The van der Waals surface area contributed by atoms with Gasteiger partial charge in [0.1, 0.15) is 5.69 Å². The summed E-state index contributed by atoms with van der Waals surface area (Å²) in [6, 6.07) is 1.34. The number of nitrogens with one attached hydrogen (secondary N) is 1. The van der Waals surface area contributed by atoms with E-state index in [2.05, 4.69) is 9.72 Å². The Balaban J connectivity index is 2.91. The van der Waals surface area contributed by atoms with Crippen molar-refractivity contribution in [3.63, 3.8) is 0 Å². The molecule has 1 aromatic rings. The molecule has 0 aromatic carbocycles. The van der Waals surface area contributed by atoms with Crippen LogP contribution in [-0.2, 0) is 4.74 Å². The smallest absolute Gasteiger partial charge is 0.354 e. The molecule has 64 valence electrons. The molecule has 1 heterocycles. The van der Waals surface area contributed by atoms with Gasteiger partial charge >= 0.3 is 5.97 Å². The first kappa shape index (κ1) is 8.32. The van der Waals surface area contributed by atoms with Gasteiger partial charge in [0.15, 0.2) is 0 Å². The summed E-state index contributed by atoms with van der Waals surface area (Å²) in [5, 5.41) is 0. The van der Waals surface area contributed by atoms with E-state index in [4.69, 9.17) is 5.73 Å². The van der Waals surface area contributed by atoms with Crippen LogP contribution in [-0.4, -0.2) is 24.0 Å². The molecule has 1 aromatic heterocycles. The summed E-state index contributed by atoms with van der Waals surface area (Å²) < 4.78 is 4.41. The fourth-order valence-corrected chi connectivity index (χ4v) is 0.764. The van der Waals surface area contributed by atoms with Gasteiger partial charge in [-0.3, -0.25) is 4.79 Å². The third-order valence-corrected chi connectivity index (χ3v) is 1.37. The van der Waals surface area contributed by atoms with Gasteiger partial charge in [0.2, 0.25) is 5.91 Å². The van der Waals surface area contributed by atoms with Gasteiger partial charge in [0, 0.05) is 6.20 Å². The minimum absolute atomic E-state index is 0.214. The Morgan fingerprint density at radius 1 is 1.58 bits per heavy atom. The maximum atomic E-state index is 10.8. The van der Waals surface area contributed by atoms with Gasteiger partial charge in [-0.15, -0.1) is 0 Å². The first-order valence-electron chi connectivity index (χ1n) is 3.21. The Morgan fingerprint density at radius 3 is 2.67 bits per heavy atom. The second-order valence-corrected chi connectivity index (χ2v) is 2.16. The zero-order valence-corrected chi connectivity index (χ0v) is 6.46. The SMILES string of the molecule is COC(=O)c1cc(C(N)=O)c[nH]1. The van der Waals surface area contributed by atoms with E-state index >= 15 is 0 Å². The molecule has 5 nitrogen and oxygen atoms in total. The highest BCUT2D eigenvalue weighted by Gasteiger charge is 2.10. The molecule has 3 N–H and O–H groups in total. The van der Waals surface area contributed by atoms with Crippen molar-refractivity contribution in [2.24, 2.45) is 5.73 Å². The third kappa shape index (κ3) is 1.45. The molecule has 0 bridgehead atoms. The standard InChI is InChI=1S/C7H8N2O3/c1-12-7(11)5-2-4(3-9-5)6(8)10/h2-3,9H,1H3,(H2,8,10). The van der Waals surface area contributed by atoms with E-state index in [0.717, 1.165) is 0 Å². The van der Waals surface area contributed by atoms with Crippen molar-refractivity contribution in [2.45, 2.75) is 0 Å². The van der Waals surface area contributed by atoms with Gasteiger partial charge in [-0.05, 0) is 6.07 Å². The molecule has 12 heavy (non-hydrogen) atoms. The predicted molar refractivity (Wildman–Crippen MR) is 40.7 cm³/mol. The number of H-pyrrole nitrogens is 1. The zero-order valence-electron chi connectivity index (χ0n) is 6.46. The largest absolute Gasteiger partial charge is 0.464 e. The highest BCUT2D eigenvalue weighted by atomic mass is 16.5. The highest BCUT2D eigenvalue weighted by molar-refractivity contribution is 5.96. The van der Waals surface area contributed by atoms with Gasteiger partial charge in [-0.2, -0.15) is 0 Å². The van der Waals surface area contributed by atoms with Crippen LogP contribution in [0, 0.1) is 0 Å². The number of nitrogens with two attached hydrogens (primary N) is 1. The quantitative estimate of drug-likeness (QED) is 0.604. The topological polar surface area (TPSA) is 85.2 Å². The monoisotopic (exact) mass is 168 g/mol. The number of amides is 1. The summed E-state index contributed by atoms with van der Waals surface area (Å²) in [6.07, 6.45) is 1.36. The number of carbonyl (C=O) groups excluding carboxylic acids is 2. The first-order valence-corrected chi connectivity index (χ1v) is 3.21. The van der Waals surface area contributed by atoms with Crippen molar-refractivity contribution in [1.29, 1.82) is 0 Å². The van der Waals surface area contributed by atoms with Crippen LogP contribution in [0.4, 0.5) is 0 Å². The van der Waals surface area contributed by atoms with Crippen molar-refractivity contribution in [3.05, 3.63) is 23.5 Å². The molecule has 0 saturated heterocycles. The average molecular weight is 168 g/mol. The normalized spacial score (nSPS) is 9.42. The number of esters is 1. The summed E-state index contributed by atoms with van der Waals surface area (Å²) in [7, 11) is 1.26. The van der Waals surface area contributed by atoms with Gasteiger partial charge < -0.3 is 15.5 Å².